The van der Waals surface area contributed by atoms with Crippen LogP contribution in [-0.4, -0.2) is 33.6 Å². The summed E-state index contributed by atoms with van der Waals surface area (Å²) in [6.45, 7) is 4.69. The van der Waals surface area contributed by atoms with Crippen LogP contribution in [-0.2, 0) is 11.3 Å². The van der Waals surface area contributed by atoms with E-state index in [-0.39, 0.29) is 5.91 Å². The number of hydrogen-bond acceptors (Lipinski definition) is 5. The number of nitrogens with two attached hydrogens (primary N) is 1. The predicted molar refractivity (Wildman–Crippen MR) is 140 cm³/mol. The third-order valence-electron chi connectivity index (χ3n) is 6.34. The van der Waals surface area contributed by atoms with E-state index < -0.39 is 5.97 Å². The molecule has 0 atom stereocenters. The zero-order valence-corrected chi connectivity index (χ0v) is 21.6. The lowest BCUT2D eigenvalue weighted by Gasteiger charge is -2.24. The van der Waals surface area contributed by atoms with E-state index in [1.54, 1.807) is 24.5 Å². The van der Waals surface area contributed by atoms with Gasteiger partial charge in [-0.3, -0.25) is 4.79 Å². The zero-order valence-electron chi connectivity index (χ0n) is 20.8. The van der Waals surface area contributed by atoms with Crippen molar-refractivity contribution >= 4 is 23.2 Å². The number of carboxylic acids is 1. The third-order valence-corrected chi connectivity index (χ3v) is 7.23. The smallest absolute Gasteiger partial charge is 0.337 e. The molecule has 4 rings (SSSR count). The lowest BCUT2D eigenvalue weighted by molar-refractivity contribution is -0.118. The first kappa shape index (κ1) is 26.5. The van der Waals surface area contributed by atoms with Crippen LogP contribution in [0.4, 0.5) is 0 Å². The summed E-state index contributed by atoms with van der Waals surface area (Å²) in [5.41, 5.74) is 8.68. The maximum absolute atomic E-state index is 11.8. The van der Waals surface area contributed by atoms with Crippen molar-refractivity contribution in [3.05, 3.63) is 47.0 Å². The summed E-state index contributed by atoms with van der Waals surface area (Å²) in [5.74, 6) is 0.308. The second kappa shape index (κ2) is 12.5. The van der Waals surface area contributed by atoms with Gasteiger partial charge in [-0.2, -0.15) is 0 Å². The number of thiazole rings is 1. The number of carboxylic acid groups (broad SMARTS) is 1. The van der Waals surface area contributed by atoms with E-state index in [0.717, 1.165) is 46.4 Å². The highest BCUT2D eigenvalue weighted by molar-refractivity contribution is 7.13. The van der Waals surface area contributed by atoms with Gasteiger partial charge in [0.25, 0.3) is 0 Å². The first-order valence-electron chi connectivity index (χ1n) is 12.2. The Kier molecular flexibility index (Phi) is 9.48. The molecule has 1 amide bonds. The van der Waals surface area contributed by atoms with Gasteiger partial charge in [0.15, 0.2) is 0 Å². The van der Waals surface area contributed by atoms with E-state index in [0.29, 0.717) is 17.9 Å². The number of carbonyl (C=O) groups excluding carboxylic acids is 1. The fourth-order valence-electron chi connectivity index (χ4n) is 4.46. The van der Waals surface area contributed by atoms with Crippen molar-refractivity contribution in [1.29, 1.82) is 0 Å². The fraction of sp³-hybridized carbons (Fsp3) is 0.444. The summed E-state index contributed by atoms with van der Waals surface area (Å²) in [6, 6.07) is 9.63. The minimum absolute atomic E-state index is 0.211. The van der Waals surface area contributed by atoms with Crippen molar-refractivity contribution < 1.29 is 19.4 Å². The van der Waals surface area contributed by atoms with Gasteiger partial charge in [-0.05, 0) is 50.3 Å². The number of aromatic carboxylic acids is 1. The lowest BCUT2D eigenvalue weighted by Crippen LogP contribution is -2.16. The van der Waals surface area contributed by atoms with Crippen LogP contribution in [0.5, 0.6) is 5.75 Å². The third kappa shape index (κ3) is 6.94. The summed E-state index contributed by atoms with van der Waals surface area (Å²) >= 11 is 1.57. The molecule has 35 heavy (non-hydrogen) atoms. The fourth-order valence-corrected chi connectivity index (χ4v) is 5.27. The van der Waals surface area contributed by atoms with Gasteiger partial charge in [0, 0.05) is 29.6 Å². The monoisotopic (exact) mass is 497 g/mol. The summed E-state index contributed by atoms with van der Waals surface area (Å²) in [7, 11) is 1.65. The van der Waals surface area contributed by atoms with E-state index >= 15 is 0 Å². The van der Waals surface area contributed by atoms with Gasteiger partial charge >= 0.3 is 5.97 Å². The molecule has 2 heterocycles. The van der Waals surface area contributed by atoms with Crippen LogP contribution in [0, 0.1) is 12.8 Å². The molecule has 0 unspecified atom stereocenters. The predicted octanol–water partition coefficient (Wildman–Crippen LogP) is 6.15. The molecule has 1 saturated carbocycles. The Morgan fingerprint density at radius 1 is 1.23 bits per heavy atom. The Labute approximate surface area is 211 Å². The van der Waals surface area contributed by atoms with E-state index in [4.69, 9.17) is 15.5 Å². The number of rotatable bonds is 8. The second-order valence-corrected chi connectivity index (χ2v) is 9.79. The number of aromatic nitrogens is 2. The highest BCUT2D eigenvalue weighted by Crippen LogP contribution is 2.34. The molecule has 7 nitrogen and oxygen atoms in total. The van der Waals surface area contributed by atoms with E-state index in [1.807, 2.05) is 43.5 Å². The normalized spacial score (nSPS) is 13.7. The van der Waals surface area contributed by atoms with Crippen LogP contribution in [0.25, 0.3) is 22.0 Å². The van der Waals surface area contributed by atoms with Crippen molar-refractivity contribution in [2.75, 3.05) is 7.11 Å². The van der Waals surface area contributed by atoms with Crippen molar-refractivity contribution in [2.24, 2.45) is 11.7 Å². The highest BCUT2D eigenvalue weighted by Gasteiger charge is 2.23. The largest absolute Gasteiger partial charge is 0.497 e. The molecular formula is C27H35N3O4S. The number of nitrogens with zero attached hydrogens (tertiary/aromatic N) is 2. The maximum Gasteiger partial charge on any atom is 0.337 e. The molecular weight excluding hydrogens is 462 g/mol. The number of methoxy groups -OCH3 is 1. The maximum atomic E-state index is 11.8. The molecule has 1 aliphatic carbocycles. The molecule has 2 aromatic heterocycles. The Bertz CT molecular complexity index is 1150. The summed E-state index contributed by atoms with van der Waals surface area (Å²) in [6.07, 6.45) is 7.64. The van der Waals surface area contributed by atoms with Gasteiger partial charge < -0.3 is 20.1 Å². The van der Waals surface area contributed by atoms with Gasteiger partial charge in [0.2, 0.25) is 5.91 Å². The zero-order chi connectivity index (χ0) is 25.4. The molecule has 0 spiro atoms. The number of benzene rings is 1. The number of carbonyl (C=O) groups is 2. The van der Waals surface area contributed by atoms with Gasteiger partial charge in [-0.25, -0.2) is 9.78 Å². The van der Waals surface area contributed by atoms with Gasteiger partial charge in [0.1, 0.15) is 10.8 Å². The van der Waals surface area contributed by atoms with E-state index in [1.165, 1.54) is 32.1 Å². The molecule has 8 heteroatoms. The van der Waals surface area contributed by atoms with E-state index in [9.17, 15) is 14.7 Å². The molecule has 0 aliphatic heterocycles. The van der Waals surface area contributed by atoms with Crippen LogP contribution in [0.2, 0.25) is 0 Å². The number of hydrogen-bond donors (Lipinski definition) is 2. The van der Waals surface area contributed by atoms with Crippen LogP contribution in [0.1, 0.15) is 67.9 Å². The molecule has 188 valence electrons. The molecule has 3 N–H and O–H groups in total. The summed E-state index contributed by atoms with van der Waals surface area (Å²) in [5, 5.41) is 12.6. The van der Waals surface area contributed by atoms with Crippen LogP contribution in [0.15, 0.2) is 35.7 Å². The van der Waals surface area contributed by atoms with Crippen molar-refractivity contribution in [2.45, 2.75) is 65.3 Å². The highest BCUT2D eigenvalue weighted by atomic mass is 32.1. The first-order chi connectivity index (χ1) is 16.8. The summed E-state index contributed by atoms with van der Waals surface area (Å²) in [4.78, 5) is 26.4. The number of primary amides is 1. The van der Waals surface area contributed by atoms with Crippen LogP contribution < -0.4 is 10.5 Å². The van der Waals surface area contributed by atoms with Crippen LogP contribution in [0.3, 0.4) is 0 Å². The number of amides is 1. The van der Waals surface area contributed by atoms with Crippen molar-refractivity contribution in [3.8, 4) is 27.7 Å². The van der Waals surface area contributed by atoms with Gasteiger partial charge in [-0.15, -0.1) is 11.3 Å². The Hall–Kier alpha value is -3.13. The molecule has 0 radical (unpaired) electrons. The standard InChI is InChI=1S/C23H26N2O3S.C4H9NO/c1-15-19(23(26)27)12-21(25(15)13-16-7-4-3-5-8-16)20-14-29-22(24-20)17-9-6-10-18(11-17)28-2;1-2-3-4(5)6/h6,9-12,14,16H,3-5,7-8,13H2,1-2H3,(H,26,27);2-3H2,1H3,(H2,5,6). The molecule has 0 bridgehead atoms. The van der Waals surface area contributed by atoms with Crippen molar-refractivity contribution in [3.63, 3.8) is 0 Å². The quantitative estimate of drug-likeness (QED) is 0.388. The lowest BCUT2D eigenvalue weighted by atomic mass is 9.89. The molecule has 3 aromatic rings. The average molecular weight is 498 g/mol. The average Bonchev–Trinajstić information content (AvgIpc) is 3.46. The Balaban J connectivity index is 0.000000509. The molecule has 0 saturated heterocycles. The molecule has 1 aliphatic rings. The molecule has 1 fully saturated rings. The Morgan fingerprint density at radius 2 is 1.97 bits per heavy atom. The summed E-state index contributed by atoms with van der Waals surface area (Å²) < 4.78 is 7.49. The van der Waals surface area contributed by atoms with Gasteiger partial charge in [-0.1, -0.05) is 38.3 Å². The molecule has 1 aromatic carbocycles. The number of ether oxygens (including phenoxy) is 1. The topological polar surface area (TPSA) is 107 Å². The van der Waals surface area contributed by atoms with Crippen molar-refractivity contribution in [1.82, 2.24) is 9.55 Å². The SMILES string of the molecule is CCCC(N)=O.COc1cccc(-c2nc(-c3cc(C(=O)O)c(C)n3CC3CCCCC3)cs2)c1. The van der Waals surface area contributed by atoms with Gasteiger partial charge in [0.05, 0.1) is 24.1 Å². The minimum Gasteiger partial charge on any atom is -0.497 e. The Morgan fingerprint density at radius 3 is 2.57 bits per heavy atom. The second-order valence-electron chi connectivity index (χ2n) is 8.93. The van der Waals surface area contributed by atoms with Crippen LogP contribution >= 0.6 is 11.3 Å². The first-order valence-corrected chi connectivity index (χ1v) is 13.0. The minimum atomic E-state index is -0.880. The van der Waals surface area contributed by atoms with E-state index in [2.05, 4.69) is 4.57 Å².